The number of carbonyl (C=O) groups excluding carboxylic acids is 1. The van der Waals surface area contributed by atoms with E-state index >= 15 is 0 Å². The molecule has 35 heavy (non-hydrogen) atoms. The molecule has 1 aliphatic heterocycles. The molecule has 0 saturated carbocycles. The molecule has 1 amide bonds. The monoisotopic (exact) mass is 494 g/mol. The van der Waals surface area contributed by atoms with Crippen LogP contribution >= 0.6 is 0 Å². The molecule has 3 aromatic carbocycles. The van der Waals surface area contributed by atoms with Gasteiger partial charge in [0.1, 0.15) is 22.1 Å². The molecule has 0 aliphatic carbocycles. The first kappa shape index (κ1) is 24.5. The highest BCUT2D eigenvalue weighted by molar-refractivity contribution is 7.89. The van der Waals surface area contributed by atoms with E-state index in [1.165, 1.54) is 23.6 Å². The summed E-state index contributed by atoms with van der Waals surface area (Å²) in [6.07, 6.45) is 2.90. The molecule has 3 aromatic rings. The smallest absolute Gasteiger partial charge is 0.248 e. The number of hydrogen-bond acceptors (Lipinski definition) is 6. The summed E-state index contributed by atoms with van der Waals surface area (Å²) < 4.78 is 43.9. The Morgan fingerprint density at radius 3 is 2.34 bits per heavy atom. The molecular formula is C26H26N2O6S. The van der Waals surface area contributed by atoms with Crippen LogP contribution in [0.5, 0.6) is 17.2 Å². The van der Waals surface area contributed by atoms with Crippen molar-refractivity contribution in [3.05, 3.63) is 84.4 Å². The van der Waals surface area contributed by atoms with E-state index in [2.05, 4.69) is 5.32 Å². The predicted octanol–water partition coefficient (Wildman–Crippen LogP) is 4.16. The van der Waals surface area contributed by atoms with E-state index in [9.17, 15) is 13.2 Å². The molecule has 0 aromatic heterocycles. The van der Waals surface area contributed by atoms with E-state index in [-0.39, 0.29) is 29.6 Å². The van der Waals surface area contributed by atoms with Crippen LogP contribution in [0.15, 0.2) is 83.8 Å². The van der Waals surface area contributed by atoms with E-state index in [0.717, 1.165) is 5.75 Å². The SMILES string of the molecule is COc1ccc(/C=C/C(=O)Nc2ccc(Oc3ccccc3)cc2)cc1S(=O)(=O)N1CCOCC1. The molecule has 1 saturated heterocycles. The third-order valence-electron chi connectivity index (χ3n) is 5.30. The molecule has 9 heteroatoms. The molecule has 1 N–H and O–H groups in total. The van der Waals surface area contributed by atoms with Gasteiger partial charge in [-0.2, -0.15) is 4.31 Å². The van der Waals surface area contributed by atoms with Gasteiger partial charge in [0.2, 0.25) is 15.9 Å². The summed E-state index contributed by atoms with van der Waals surface area (Å²) in [5, 5.41) is 2.78. The zero-order valence-electron chi connectivity index (χ0n) is 19.2. The Balaban J connectivity index is 1.43. The van der Waals surface area contributed by atoms with Crippen molar-refractivity contribution in [2.45, 2.75) is 4.90 Å². The van der Waals surface area contributed by atoms with Gasteiger partial charge in [-0.25, -0.2) is 8.42 Å². The first-order valence-corrected chi connectivity index (χ1v) is 12.5. The number of hydrogen-bond donors (Lipinski definition) is 1. The van der Waals surface area contributed by atoms with Crippen LogP contribution in [-0.2, 0) is 19.6 Å². The second kappa shape index (κ2) is 11.2. The lowest BCUT2D eigenvalue weighted by atomic mass is 10.2. The Kier molecular flexibility index (Phi) is 7.81. The number of rotatable bonds is 8. The van der Waals surface area contributed by atoms with Crippen LogP contribution < -0.4 is 14.8 Å². The largest absolute Gasteiger partial charge is 0.495 e. The van der Waals surface area contributed by atoms with Crippen LogP contribution in [-0.4, -0.2) is 52.0 Å². The van der Waals surface area contributed by atoms with Gasteiger partial charge < -0.3 is 19.5 Å². The maximum absolute atomic E-state index is 13.1. The zero-order chi connectivity index (χ0) is 24.7. The van der Waals surface area contributed by atoms with E-state index in [1.54, 1.807) is 42.5 Å². The number of methoxy groups -OCH3 is 1. The second-order valence-corrected chi connectivity index (χ2v) is 9.60. The summed E-state index contributed by atoms with van der Waals surface area (Å²) in [6.45, 7) is 1.26. The number of para-hydroxylation sites is 1. The van der Waals surface area contributed by atoms with Crippen LogP contribution in [0.3, 0.4) is 0 Å². The van der Waals surface area contributed by atoms with Crippen molar-refractivity contribution in [3.63, 3.8) is 0 Å². The van der Waals surface area contributed by atoms with Gasteiger partial charge in [-0.05, 0) is 60.2 Å². The fourth-order valence-electron chi connectivity index (χ4n) is 3.51. The number of anilines is 1. The Labute approximate surface area is 204 Å². The van der Waals surface area contributed by atoms with E-state index in [4.69, 9.17) is 14.2 Å². The van der Waals surface area contributed by atoms with Crippen LogP contribution in [0.25, 0.3) is 6.08 Å². The molecule has 8 nitrogen and oxygen atoms in total. The quantitative estimate of drug-likeness (QED) is 0.473. The highest BCUT2D eigenvalue weighted by atomic mass is 32.2. The molecule has 4 rings (SSSR count). The molecule has 0 atom stereocenters. The van der Waals surface area contributed by atoms with E-state index < -0.39 is 10.0 Å². The standard InChI is InChI=1S/C26H26N2O6S/c1-32-24-13-7-20(19-25(24)35(30,31)28-15-17-33-18-16-28)8-14-26(29)27-21-9-11-23(12-10-21)34-22-5-3-2-4-6-22/h2-14,19H,15-18H2,1H3,(H,27,29)/b14-8+. The van der Waals surface area contributed by atoms with Crippen molar-refractivity contribution in [1.82, 2.24) is 4.31 Å². The van der Waals surface area contributed by atoms with E-state index in [1.807, 2.05) is 30.3 Å². The van der Waals surface area contributed by atoms with Gasteiger partial charge in [-0.3, -0.25) is 4.79 Å². The van der Waals surface area contributed by atoms with Crippen molar-refractivity contribution in [2.75, 3.05) is 38.7 Å². The predicted molar refractivity (Wildman–Crippen MR) is 133 cm³/mol. The Morgan fingerprint density at radius 2 is 1.66 bits per heavy atom. The number of morpholine rings is 1. The number of benzene rings is 3. The molecule has 182 valence electrons. The first-order chi connectivity index (χ1) is 17.0. The van der Waals surface area contributed by atoms with Crippen molar-refractivity contribution < 1.29 is 27.4 Å². The molecular weight excluding hydrogens is 468 g/mol. The van der Waals surface area contributed by atoms with Gasteiger partial charge in [0.25, 0.3) is 0 Å². The fourth-order valence-corrected chi connectivity index (χ4v) is 5.11. The van der Waals surface area contributed by atoms with Crippen LogP contribution in [0, 0.1) is 0 Å². The maximum Gasteiger partial charge on any atom is 0.248 e. The Morgan fingerprint density at radius 1 is 0.971 bits per heavy atom. The summed E-state index contributed by atoms with van der Waals surface area (Å²) in [4.78, 5) is 12.5. The Hall–Kier alpha value is -3.66. The summed E-state index contributed by atoms with van der Waals surface area (Å²) in [7, 11) is -2.34. The van der Waals surface area contributed by atoms with Crippen LogP contribution in [0.4, 0.5) is 5.69 Å². The molecule has 1 fully saturated rings. The van der Waals surface area contributed by atoms with Gasteiger partial charge in [-0.15, -0.1) is 0 Å². The number of ether oxygens (including phenoxy) is 3. The number of nitrogens with zero attached hydrogens (tertiary/aromatic N) is 1. The van der Waals surface area contributed by atoms with E-state index in [0.29, 0.717) is 30.2 Å². The third-order valence-corrected chi connectivity index (χ3v) is 7.22. The lowest BCUT2D eigenvalue weighted by Crippen LogP contribution is -2.40. The average molecular weight is 495 g/mol. The number of nitrogens with one attached hydrogen (secondary N) is 1. The number of carbonyl (C=O) groups is 1. The molecule has 0 spiro atoms. The minimum Gasteiger partial charge on any atom is -0.495 e. The maximum atomic E-state index is 13.1. The van der Waals surface area contributed by atoms with Crippen molar-refractivity contribution in [2.24, 2.45) is 0 Å². The highest BCUT2D eigenvalue weighted by Gasteiger charge is 2.29. The fraction of sp³-hybridized carbons (Fsp3) is 0.192. The first-order valence-electron chi connectivity index (χ1n) is 11.0. The van der Waals surface area contributed by atoms with Crippen molar-refractivity contribution in [3.8, 4) is 17.2 Å². The normalized spacial score (nSPS) is 14.5. The summed E-state index contributed by atoms with van der Waals surface area (Å²) in [6, 6.07) is 21.2. The van der Waals surface area contributed by atoms with Gasteiger partial charge in [-0.1, -0.05) is 24.3 Å². The van der Waals surface area contributed by atoms with Gasteiger partial charge in [0.15, 0.2) is 0 Å². The van der Waals surface area contributed by atoms with Gasteiger partial charge in [0, 0.05) is 24.9 Å². The van der Waals surface area contributed by atoms with Gasteiger partial charge in [0.05, 0.1) is 20.3 Å². The summed E-state index contributed by atoms with van der Waals surface area (Å²) in [5.41, 5.74) is 1.16. The number of amides is 1. The van der Waals surface area contributed by atoms with Crippen molar-refractivity contribution >= 4 is 27.7 Å². The van der Waals surface area contributed by atoms with Crippen LogP contribution in [0.1, 0.15) is 5.56 Å². The number of sulfonamides is 1. The lowest BCUT2D eigenvalue weighted by molar-refractivity contribution is -0.111. The highest BCUT2D eigenvalue weighted by Crippen LogP contribution is 2.29. The minimum atomic E-state index is -3.76. The second-order valence-electron chi connectivity index (χ2n) is 7.69. The topological polar surface area (TPSA) is 94.2 Å². The molecule has 1 aliphatic rings. The molecule has 0 unspecified atom stereocenters. The summed E-state index contributed by atoms with van der Waals surface area (Å²) in [5.74, 6) is 1.27. The third kappa shape index (κ3) is 6.27. The molecule has 0 radical (unpaired) electrons. The molecule has 0 bridgehead atoms. The van der Waals surface area contributed by atoms with Gasteiger partial charge >= 0.3 is 0 Å². The Bertz CT molecular complexity index is 1290. The minimum absolute atomic E-state index is 0.0541. The van der Waals surface area contributed by atoms with Crippen molar-refractivity contribution in [1.29, 1.82) is 0 Å². The average Bonchev–Trinajstić information content (AvgIpc) is 2.89. The molecule has 1 heterocycles. The zero-order valence-corrected chi connectivity index (χ0v) is 20.0. The van der Waals surface area contributed by atoms with Crippen LogP contribution in [0.2, 0.25) is 0 Å². The summed E-state index contributed by atoms with van der Waals surface area (Å²) >= 11 is 0. The lowest BCUT2D eigenvalue weighted by Gasteiger charge is -2.26.